The number of aliphatic hydroxyl groups excluding tert-OH is 1. The molecule has 0 heterocycles. The van der Waals surface area contributed by atoms with Gasteiger partial charge in [-0.15, -0.1) is 0 Å². The van der Waals surface area contributed by atoms with Crippen LogP contribution in [0.15, 0.2) is 24.6 Å². The Morgan fingerprint density at radius 1 is 1.40 bits per heavy atom. The van der Waals surface area contributed by atoms with E-state index in [1.807, 2.05) is 6.92 Å². The molecule has 0 aromatic rings. The highest BCUT2D eigenvalue weighted by molar-refractivity contribution is 7.67. The van der Waals surface area contributed by atoms with Crippen molar-refractivity contribution in [2.75, 3.05) is 12.8 Å². The second kappa shape index (κ2) is 8.63. The minimum absolute atomic E-state index is 0.188. The number of allylic oxidation sites excluding steroid dienone is 2. The van der Waals surface area contributed by atoms with Gasteiger partial charge in [-0.25, -0.2) is 0 Å². The van der Waals surface area contributed by atoms with E-state index >= 15 is 0 Å². The van der Waals surface area contributed by atoms with E-state index in [0.29, 0.717) is 12.6 Å². The molecule has 0 aliphatic heterocycles. The van der Waals surface area contributed by atoms with Crippen LogP contribution in [0.25, 0.3) is 0 Å². The fourth-order valence-corrected chi connectivity index (χ4v) is 1.46. The molecule has 0 aromatic carbocycles. The van der Waals surface area contributed by atoms with E-state index in [1.165, 1.54) is 0 Å². The summed E-state index contributed by atoms with van der Waals surface area (Å²) in [6.45, 7) is 10.5. The third-order valence-corrected chi connectivity index (χ3v) is 2.84. The molecule has 0 saturated carbocycles. The SMILES string of the molecule is C=C(N)CC.C=C(O)CCCP(=C)(C)O. The average molecular weight is 233 g/mol. The normalized spacial score (nSPS) is 13.3. The van der Waals surface area contributed by atoms with Gasteiger partial charge in [0.1, 0.15) is 0 Å². The van der Waals surface area contributed by atoms with Gasteiger partial charge in [0.25, 0.3) is 0 Å². The van der Waals surface area contributed by atoms with Gasteiger partial charge in [-0.05, 0) is 32.8 Å². The van der Waals surface area contributed by atoms with Crippen LogP contribution in [-0.2, 0) is 0 Å². The van der Waals surface area contributed by atoms with Gasteiger partial charge in [0.2, 0.25) is 0 Å². The zero-order valence-electron chi connectivity index (χ0n) is 9.87. The summed E-state index contributed by atoms with van der Waals surface area (Å²) in [6, 6.07) is 0. The molecule has 0 fully saturated rings. The molecule has 0 spiro atoms. The van der Waals surface area contributed by atoms with Crippen LogP contribution in [0.3, 0.4) is 0 Å². The van der Waals surface area contributed by atoms with Gasteiger partial charge >= 0.3 is 0 Å². The maximum Gasteiger partial charge on any atom is 0.0851 e. The fourth-order valence-electron chi connectivity index (χ4n) is 0.624. The Bertz CT molecular complexity index is 243. The molecule has 15 heavy (non-hydrogen) atoms. The molecule has 0 aromatic heterocycles. The zero-order valence-corrected chi connectivity index (χ0v) is 10.8. The smallest absolute Gasteiger partial charge is 0.0851 e. The summed E-state index contributed by atoms with van der Waals surface area (Å²) in [5.74, 6) is 0.188. The first-order valence-electron chi connectivity index (χ1n) is 4.91. The molecule has 0 rings (SSSR count). The number of hydrogen-bond donors (Lipinski definition) is 3. The first kappa shape index (κ1) is 16.8. The van der Waals surface area contributed by atoms with Gasteiger partial charge in [-0.3, -0.25) is 0 Å². The molecule has 4 heteroatoms. The molecule has 0 saturated heterocycles. The predicted molar refractivity (Wildman–Crippen MR) is 71.7 cm³/mol. The number of hydrogen-bond acceptors (Lipinski definition) is 3. The predicted octanol–water partition coefficient (Wildman–Crippen LogP) is 2.69. The highest BCUT2D eigenvalue weighted by atomic mass is 31.2. The number of aliphatic hydroxyl groups is 1. The largest absolute Gasteiger partial charge is 0.513 e. The quantitative estimate of drug-likeness (QED) is 0.505. The Labute approximate surface area is 93.4 Å². The Hall–Kier alpha value is -0.660. The second-order valence-corrected chi connectivity index (χ2v) is 6.87. The van der Waals surface area contributed by atoms with Crippen molar-refractivity contribution in [1.29, 1.82) is 0 Å². The molecule has 0 aliphatic carbocycles. The molecule has 0 aliphatic rings. The topological polar surface area (TPSA) is 66.5 Å². The molecule has 0 radical (unpaired) electrons. The van der Waals surface area contributed by atoms with Crippen molar-refractivity contribution in [2.45, 2.75) is 26.2 Å². The molecular formula is C11H24NO2P. The van der Waals surface area contributed by atoms with Crippen molar-refractivity contribution in [3.05, 3.63) is 24.6 Å². The summed E-state index contributed by atoms with van der Waals surface area (Å²) in [5.41, 5.74) is 5.85. The maximum absolute atomic E-state index is 9.22. The standard InChI is InChI=1S/C7H15O2P.C4H9N/c1-7(8)5-4-6-10(2,3)9;1-3-4(2)5/h8-9H,1-2,4-6H2,3H3;2-3,5H2,1H3. The van der Waals surface area contributed by atoms with E-state index in [9.17, 15) is 4.89 Å². The third-order valence-electron chi connectivity index (χ3n) is 1.56. The van der Waals surface area contributed by atoms with E-state index < -0.39 is 7.11 Å². The number of rotatable bonds is 5. The number of nitrogens with two attached hydrogens (primary N) is 1. The van der Waals surface area contributed by atoms with Gasteiger partial charge in [-0.1, -0.05) is 26.4 Å². The van der Waals surface area contributed by atoms with Crippen LogP contribution >= 0.6 is 7.11 Å². The molecule has 90 valence electrons. The van der Waals surface area contributed by atoms with Crippen molar-refractivity contribution < 1.29 is 10.00 Å². The highest BCUT2D eigenvalue weighted by Gasteiger charge is 2.00. The van der Waals surface area contributed by atoms with E-state index in [4.69, 9.17) is 10.8 Å². The summed E-state index contributed by atoms with van der Waals surface area (Å²) in [7, 11) is -1.87. The molecular weight excluding hydrogens is 209 g/mol. The molecule has 0 bridgehead atoms. The van der Waals surface area contributed by atoms with Gasteiger partial charge < -0.3 is 15.7 Å². The lowest BCUT2D eigenvalue weighted by molar-refractivity contribution is 0.389. The summed E-state index contributed by atoms with van der Waals surface area (Å²) in [5, 5.41) is 8.67. The van der Waals surface area contributed by atoms with Crippen LogP contribution in [0, 0.1) is 0 Å². The summed E-state index contributed by atoms with van der Waals surface area (Å²) in [4.78, 5) is 9.22. The molecule has 1 atom stereocenters. The van der Waals surface area contributed by atoms with Crippen LogP contribution in [0.2, 0.25) is 0 Å². The highest BCUT2D eigenvalue weighted by Crippen LogP contribution is 2.35. The molecule has 0 amide bonds. The second-order valence-electron chi connectivity index (χ2n) is 3.74. The van der Waals surface area contributed by atoms with Crippen molar-refractivity contribution in [3.63, 3.8) is 0 Å². The van der Waals surface area contributed by atoms with Gasteiger partial charge in [0.15, 0.2) is 0 Å². The lowest BCUT2D eigenvalue weighted by Gasteiger charge is -2.09. The maximum atomic E-state index is 9.22. The first-order chi connectivity index (χ1) is 6.69. The monoisotopic (exact) mass is 233 g/mol. The van der Waals surface area contributed by atoms with Crippen LogP contribution in [0.1, 0.15) is 26.2 Å². The van der Waals surface area contributed by atoms with Gasteiger partial charge in [0.05, 0.1) is 5.76 Å². The molecule has 1 unspecified atom stereocenters. The van der Waals surface area contributed by atoms with Crippen molar-refractivity contribution in [1.82, 2.24) is 0 Å². The fraction of sp³-hybridized carbons (Fsp3) is 0.545. The van der Waals surface area contributed by atoms with Gasteiger partial charge in [-0.2, -0.15) is 0 Å². The Kier molecular flexibility index (Phi) is 9.64. The third kappa shape index (κ3) is 24.7. The zero-order chi connectivity index (χ0) is 12.5. The lowest BCUT2D eigenvalue weighted by Crippen LogP contribution is -1.89. The minimum atomic E-state index is -1.87. The molecule has 3 nitrogen and oxygen atoms in total. The lowest BCUT2D eigenvalue weighted by atomic mass is 10.3. The summed E-state index contributed by atoms with van der Waals surface area (Å²) >= 11 is 0. The van der Waals surface area contributed by atoms with Crippen LogP contribution in [0.5, 0.6) is 0 Å². The average Bonchev–Trinajstić information content (AvgIpc) is 2.02. The Balaban J connectivity index is 0. The first-order valence-corrected chi connectivity index (χ1v) is 7.47. The van der Waals surface area contributed by atoms with E-state index in [0.717, 1.165) is 18.5 Å². The van der Waals surface area contributed by atoms with E-state index in [-0.39, 0.29) is 5.76 Å². The van der Waals surface area contributed by atoms with Crippen LogP contribution < -0.4 is 5.73 Å². The summed E-state index contributed by atoms with van der Waals surface area (Å²) in [6.07, 6.45) is 6.56. The minimum Gasteiger partial charge on any atom is -0.513 e. The van der Waals surface area contributed by atoms with E-state index in [2.05, 4.69) is 19.5 Å². The summed E-state index contributed by atoms with van der Waals surface area (Å²) < 4.78 is 0. The van der Waals surface area contributed by atoms with Gasteiger partial charge in [0, 0.05) is 12.1 Å². The van der Waals surface area contributed by atoms with Crippen molar-refractivity contribution in [2.24, 2.45) is 5.73 Å². The Morgan fingerprint density at radius 3 is 2.00 bits per heavy atom. The Morgan fingerprint density at radius 2 is 1.80 bits per heavy atom. The van der Waals surface area contributed by atoms with E-state index in [1.54, 1.807) is 6.66 Å². The van der Waals surface area contributed by atoms with Crippen LogP contribution in [-0.4, -0.2) is 29.1 Å². The molecule has 4 N–H and O–H groups in total. The van der Waals surface area contributed by atoms with Crippen molar-refractivity contribution >= 4 is 13.4 Å². The van der Waals surface area contributed by atoms with Crippen LogP contribution in [0.4, 0.5) is 0 Å². The van der Waals surface area contributed by atoms with Crippen molar-refractivity contribution in [3.8, 4) is 0 Å².